The van der Waals surface area contributed by atoms with E-state index in [1.807, 2.05) is 6.07 Å². The summed E-state index contributed by atoms with van der Waals surface area (Å²) in [4.78, 5) is 4.21. The molecule has 0 aliphatic rings. The molecule has 3 nitrogen and oxygen atoms in total. The van der Waals surface area contributed by atoms with Crippen molar-refractivity contribution in [2.45, 2.75) is 31.4 Å². The number of hydrogen-bond acceptors (Lipinski definition) is 2. The number of fused-ring (bicyclic) bond motifs is 1. The fraction of sp³-hybridized carbons (Fsp3) is 0.385. The summed E-state index contributed by atoms with van der Waals surface area (Å²) in [6.45, 7) is 1.46. The van der Waals surface area contributed by atoms with Gasteiger partial charge in [-0.05, 0) is 25.1 Å². The Bertz CT molecular complexity index is 670. The highest BCUT2D eigenvalue weighted by atomic mass is 35.5. The lowest BCUT2D eigenvalue weighted by molar-refractivity contribution is -0.141. The van der Waals surface area contributed by atoms with Crippen molar-refractivity contribution in [3.05, 3.63) is 29.6 Å². The van der Waals surface area contributed by atoms with E-state index >= 15 is 0 Å². The average Bonchev–Trinajstić information content (AvgIpc) is 2.73. The molecule has 20 heavy (non-hydrogen) atoms. The zero-order chi connectivity index (χ0) is 14.9. The molecule has 0 aliphatic carbocycles. The first kappa shape index (κ1) is 14.7. The Morgan fingerprint density at radius 2 is 2.15 bits per heavy atom. The maximum absolute atomic E-state index is 12.6. The maximum atomic E-state index is 12.6. The van der Waals surface area contributed by atoms with E-state index < -0.39 is 18.6 Å². The van der Waals surface area contributed by atoms with Crippen LogP contribution in [0.4, 0.5) is 13.2 Å². The van der Waals surface area contributed by atoms with Crippen molar-refractivity contribution in [3.63, 3.8) is 0 Å². The molecule has 7 heteroatoms. The average molecular weight is 302 g/mol. The summed E-state index contributed by atoms with van der Waals surface area (Å²) in [5.74, 6) is 0.382. The number of halogens is 4. The molecule has 1 atom stereocenters. The van der Waals surface area contributed by atoms with Gasteiger partial charge in [-0.3, -0.25) is 0 Å². The van der Waals surface area contributed by atoms with Crippen molar-refractivity contribution in [1.29, 1.82) is 5.26 Å². The van der Waals surface area contributed by atoms with E-state index in [-0.39, 0.29) is 5.88 Å². The molecule has 2 rings (SSSR count). The van der Waals surface area contributed by atoms with Crippen LogP contribution in [0.25, 0.3) is 11.0 Å². The van der Waals surface area contributed by atoms with Crippen LogP contribution in [0.15, 0.2) is 18.2 Å². The largest absolute Gasteiger partial charge is 0.391 e. The minimum Gasteiger partial charge on any atom is -0.324 e. The predicted molar refractivity (Wildman–Crippen MR) is 69.4 cm³/mol. The monoisotopic (exact) mass is 301 g/mol. The van der Waals surface area contributed by atoms with Crippen LogP contribution in [0.2, 0.25) is 0 Å². The van der Waals surface area contributed by atoms with Crippen molar-refractivity contribution in [2.24, 2.45) is 0 Å². The Kier molecular flexibility index (Phi) is 3.91. The Labute approximate surface area is 118 Å². The lowest BCUT2D eigenvalue weighted by Gasteiger charge is -2.18. The van der Waals surface area contributed by atoms with Gasteiger partial charge >= 0.3 is 6.18 Å². The van der Waals surface area contributed by atoms with E-state index in [1.165, 1.54) is 17.6 Å². The van der Waals surface area contributed by atoms with E-state index in [1.54, 1.807) is 12.1 Å². The second-order valence-electron chi connectivity index (χ2n) is 4.52. The molecule has 0 amide bonds. The van der Waals surface area contributed by atoms with Crippen molar-refractivity contribution in [3.8, 4) is 6.07 Å². The van der Waals surface area contributed by atoms with Gasteiger partial charge in [0.1, 0.15) is 5.82 Å². The molecule has 1 heterocycles. The van der Waals surface area contributed by atoms with E-state index in [2.05, 4.69) is 4.98 Å². The highest BCUT2D eigenvalue weighted by molar-refractivity contribution is 6.16. The molecule has 0 spiro atoms. The molecule has 0 N–H and O–H groups in total. The summed E-state index contributed by atoms with van der Waals surface area (Å²) >= 11 is 5.76. The Morgan fingerprint density at radius 3 is 2.70 bits per heavy atom. The van der Waals surface area contributed by atoms with Crippen molar-refractivity contribution >= 4 is 22.6 Å². The normalized spacial score (nSPS) is 13.4. The summed E-state index contributed by atoms with van der Waals surface area (Å²) in [5.41, 5.74) is 1.41. The number of benzene rings is 1. The number of nitriles is 1. The molecule has 0 aliphatic heterocycles. The van der Waals surface area contributed by atoms with Crippen LogP contribution in [-0.2, 0) is 5.88 Å². The molecule has 106 valence electrons. The molecule has 0 fully saturated rings. The lowest BCUT2D eigenvalue weighted by Crippen LogP contribution is -2.18. The molecule has 0 saturated heterocycles. The van der Waals surface area contributed by atoms with Crippen molar-refractivity contribution < 1.29 is 13.2 Å². The van der Waals surface area contributed by atoms with Gasteiger partial charge in [-0.15, -0.1) is 11.6 Å². The van der Waals surface area contributed by atoms with E-state index in [0.717, 1.165) is 0 Å². The number of aromatic nitrogens is 2. The van der Waals surface area contributed by atoms with Crippen LogP contribution in [-0.4, -0.2) is 15.7 Å². The molecule has 2 aromatic rings. The molecule has 0 saturated carbocycles. The fourth-order valence-corrected chi connectivity index (χ4v) is 2.41. The third-order valence-electron chi connectivity index (χ3n) is 2.98. The fourth-order valence-electron chi connectivity index (χ4n) is 2.22. The Balaban J connectivity index is 2.57. The molecule has 1 aromatic heterocycles. The second kappa shape index (κ2) is 5.33. The third-order valence-corrected chi connectivity index (χ3v) is 3.22. The minimum absolute atomic E-state index is 0.0127. The standard InChI is InChI=1S/C13H11ClF3N3/c1-8(5-13(15,16)17)20-11-4-9(7-18)2-3-10(11)19-12(20)6-14/h2-4,8H,5-6H2,1H3. The van der Waals surface area contributed by atoms with Gasteiger partial charge in [0.2, 0.25) is 0 Å². The van der Waals surface area contributed by atoms with Crippen LogP contribution in [0.1, 0.15) is 30.8 Å². The number of rotatable bonds is 3. The smallest absolute Gasteiger partial charge is 0.324 e. The van der Waals surface area contributed by atoms with E-state index in [4.69, 9.17) is 16.9 Å². The second-order valence-corrected chi connectivity index (χ2v) is 4.78. The van der Waals surface area contributed by atoms with Gasteiger partial charge in [0, 0.05) is 6.04 Å². The maximum Gasteiger partial charge on any atom is 0.391 e. The van der Waals surface area contributed by atoms with Gasteiger partial charge in [0.05, 0.1) is 35.0 Å². The van der Waals surface area contributed by atoms with Gasteiger partial charge in [0.25, 0.3) is 0 Å². The van der Waals surface area contributed by atoms with Crippen LogP contribution < -0.4 is 0 Å². The molecule has 1 unspecified atom stereocenters. The highest BCUT2D eigenvalue weighted by Crippen LogP contribution is 2.31. The van der Waals surface area contributed by atoms with E-state index in [9.17, 15) is 13.2 Å². The zero-order valence-corrected chi connectivity index (χ0v) is 11.3. The van der Waals surface area contributed by atoms with Crippen molar-refractivity contribution in [1.82, 2.24) is 9.55 Å². The predicted octanol–water partition coefficient (Wildman–Crippen LogP) is 4.16. The SMILES string of the molecule is CC(CC(F)(F)F)n1c(CCl)nc2ccc(C#N)cc21. The van der Waals surface area contributed by atoms with Gasteiger partial charge in [-0.1, -0.05) is 0 Å². The minimum atomic E-state index is -4.27. The first-order valence-corrected chi connectivity index (χ1v) is 6.43. The molecule has 0 radical (unpaired) electrons. The summed E-state index contributed by atoms with van der Waals surface area (Å²) in [7, 11) is 0. The van der Waals surface area contributed by atoms with Gasteiger partial charge in [0.15, 0.2) is 0 Å². The zero-order valence-electron chi connectivity index (χ0n) is 10.6. The van der Waals surface area contributed by atoms with Gasteiger partial charge in [-0.25, -0.2) is 4.98 Å². The van der Waals surface area contributed by atoms with Gasteiger partial charge in [-0.2, -0.15) is 18.4 Å². The van der Waals surface area contributed by atoms with E-state index in [0.29, 0.717) is 22.4 Å². The van der Waals surface area contributed by atoms with Gasteiger partial charge < -0.3 is 4.57 Å². The number of nitrogens with zero attached hydrogens (tertiary/aromatic N) is 3. The van der Waals surface area contributed by atoms with Crippen LogP contribution in [0, 0.1) is 11.3 Å². The first-order valence-electron chi connectivity index (χ1n) is 5.89. The summed E-state index contributed by atoms with van der Waals surface area (Å²) in [6.07, 6.45) is -5.24. The molecule has 0 bridgehead atoms. The summed E-state index contributed by atoms with van der Waals surface area (Å²) in [6, 6.07) is 5.85. The first-order chi connectivity index (χ1) is 9.35. The number of imidazole rings is 1. The topological polar surface area (TPSA) is 41.6 Å². The highest BCUT2D eigenvalue weighted by Gasteiger charge is 2.32. The van der Waals surface area contributed by atoms with Crippen LogP contribution in [0.3, 0.4) is 0 Å². The summed E-state index contributed by atoms with van der Waals surface area (Å²) < 4.78 is 39.1. The third kappa shape index (κ3) is 2.88. The van der Waals surface area contributed by atoms with Crippen LogP contribution in [0.5, 0.6) is 0 Å². The summed E-state index contributed by atoms with van der Waals surface area (Å²) in [5, 5.41) is 8.89. The van der Waals surface area contributed by atoms with Crippen molar-refractivity contribution in [2.75, 3.05) is 0 Å². The van der Waals surface area contributed by atoms with Crippen LogP contribution >= 0.6 is 11.6 Å². The Hall–Kier alpha value is -1.74. The number of hydrogen-bond donors (Lipinski definition) is 0. The molecular weight excluding hydrogens is 291 g/mol. The lowest BCUT2D eigenvalue weighted by atomic mass is 10.2. The number of alkyl halides is 4. The molecule has 1 aromatic carbocycles. The Morgan fingerprint density at radius 1 is 1.45 bits per heavy atom. The quantitative estimate of drug-likeness (QED) is 0.799. The molecular formula is C13H11ClF3N3.